The van der Waals surface area contributed by atoms with Crippen molar-refractivity contribution in [3.8, 4) is 0 Å². The van der Waals surface area contributed by atoms with Gasteiger partial charge in [-0.25, -0.2) is 0 Å². The van der Waals surface area contributed by atoms with E-state index in [1.165, 1.54) is 38.6 Å². The Bertz CT molecular complexity index is 249. The fraction of sp³-hybridized carbons (Fsp3) is 1.00. The van der Waals surface area contributed by atoms with Gasteiger partial charge in [0.2, 0.25) is 0 Å². The van der Waals surface area contributed by atoms with Gasteiger partial charge in [0.25, 0.3) is 0 Å². The van der Waals surface area contributed by atoms with E-state index in [-0.39, 0.29) is 5.60 Å². The molecule has 1 aliphatic heterocycles. The lowest BCUT2D eigenvalue weighted by atomic mass is 9.83. The van der Waals surface area contributed by atoms with Crippen LogP contribution in [0.4, 0.5) is 0 Å². The lowest BCUT2D eigenvalue weighted by Gasteiger charge is -2.41. The van der Waals surface area contributed by atoms with Crippen LogP contribution in [0.25, 0.3) is 0 Å². The van der Waals surface area contributed by atoms with Crippen LogP contribution in [0.1, 0.15) is 46.0 Å². The summed E-state index contributed by atoms with van der Waals surface area (Å²) in [4.78, 5) is 2.58. The van der Waals surface area contributed by atoms with E-state index < -0.39 is 0 Å². The van der Waals surface area contributed by atoms with Crippen LogP contribution in [0.2, 0.25) is 0 Å². The first-order valence-electron chi connectivity index (χ1n) is 7.64. The molecule has 0 radical (unpaired) electrons. The number of nitrogens with one attached hydrogen (secondary N) is 1. The normalized spacial score (nSPS) is 28.2. The highest BCUT2D eigenvalue weighted by atomic mass is 16.5. The fourth-order valence-electron chi connectivity index (χ4n) is 3.56. The zero-order chi connectivity index (χ0) is 13.0. The number of hydrogen-bond donors (Lipinski definition) is 1. The summed E-state index contributed by atoms with van der Waals surface area (Å²) in [5.41, 5.74) is 0.0309. The summed E-state index contributed by atoms with van der Waals surface area (Å²) in [6.45, 7) is 8.64. The molecular weight excluding hydrogens is 224 g/mol. The molecule has 1 heterocycles. The molecule has 1 saturated heterocycles. The second kappa shape index (κ2) is 6.36. The van der Waals surface area contributed by atoms with Crippen molar-refractivity contribution >= 4 is 0 Å². The molecule has 3 nitrogen and oxygen atoms in total. The Labute approximate surface area is 112 Å². The van der Waals surface area contributed by atoms with E-state index in [9.17, 15) is 0 Å². The monoisotopic (exact) mass is 254 g/mol. The van der Waals surface area contributed by atoms with E-state index >= 15 is 0 Å². The summed E-state index contributed by atoms with van der Waals surface area (Å²) < 4.78 is 5.79. The fourth-order valence-corrected chi connectivity index (χ4v) is 3.56. The summed E-state index contributed by atoms with van der Waals surface area (Å²) in [5.74, 6) is 0.884. The molecule has 106 valence electrons. The third-order valence-corrected chi connectivity index (χ3v) is 4.55. The molecule has 0 aromatic carbocycles. The van der Waals surface area contributed by atoms with Gasteiger partial charge in [0.1, 0.15) is 0 Å². The van der Waals surface area contributed by atoms with Gasteiger partial charge in [-0.15, -0.1) is 0 Å². The number of likely N-dealkylation sites (N-methyl/N-ethyl adjacent to an activating group) is 1. The largest absolute Gasteiger partial charge is 0.373 e. The smallest absolute Gasteiger partial charge is 0.0753 e. The Morgan fingerprint density at radius 1 is 1.28 bits per heavy atom. The first-order valence-corrected chi connectivity index (χ1v) is 7.64. The van der Waals surface area contributed by atoms with E-state index in [4.69, 9.17) is 4.74 Å². The van der Waals surface area contributed by atoms with Crippen molar-refractivity contribution in [2.45, 2.75) is 57.6 Å². The third kappa shape index (κ3) is 3.94. The number of rotatable bonds is 4. The Balaban J connectivity index is 1.85. The number of hydrogen-bond acceptors (Lipinski definition) is 3. The lowest BCUT2D eigenvalue weighted by molar-refractivity contribution is -0.0888. The summed E-state index contributed by atoms with van der Waals surface area (Å²) in [6, 6.07) is 0.666. The van der Waals surface area contributed by atoms with Crippen molar-refractivity contribution in [3.63, 3.8) is 0 Å². The third-order valence-electron chi connectivity index (χ3n) is 4.55. The van der Waals surface area contributed by atoms with Crippen molar-refractivity contribution in [2.75, 3.05) is 33.3 Å². The van der Waals surface area contributed by atoms with Gasteiger partial charge in [0, 0.05) is 25.7 Å². The van der Waals surface area contributed by atoms with Crippen LogP contribution in [0, 0.1) is 5.92 Å². The Morgan fingerprint density at radius 3 is 2.61 bits per heavy atom. The molecule has 0 aromatic heterocycles. The minimum absolute atomic E-state index is 0.0309. The van der Waals surface area contributed by atoms with Crippen molar-refractivity contribution in [1.29, 1.82) is 0 Å². The van der Waals surface area contributed by atoms with Gasteiger partial charge in [-0.3, -0.25) is 4.90 Å². The van der Waals surface area contributed by atoms with Gasteiger partial charge < -0.3 is 10.1 Å². The number of nitrogens with zero attached hydrogens (tertiary/aromatic N) is 1. The second-order valence-electron chi connectivity index (χ2n) is 6.64. The molecule has 1 saturated carbocycles. The van der Waals surface area contributed by atoms with Crippen LogP contribution in [-0.4, -0.2) is 49.8 Å². The molecule has 1 unspecified atom stereocenters. The average Bonchev–Trinajstić information content (AvgIpc) is 2.36. The molecule has 3 heteroatoms. The maximum Gasteiger partial charge on any atom is 0.0753 e. The minimum Gasteiger partial charge on any atom is -0.373 e. The standard InChI is InChI=1S/C15H30N2O/c1-15(2)12-17(9-10-18-15)11-14(16-3)13-7-5-4-6-8-13/h13-14,16H,4-12H2,1-3H3. The van der Waals surface area contributed by atoms with Gasteiger partial charge in [-0.2, -0.15) is 0 Å². The van der Waals surface area contributed by atoms with E-state index in [2.05, 4.69) is 31.1 Å². The first kappa shape index (κ1) is 14.3. The van der Waals surface area contributed by atoms with Gasteiger partial charge in [0.05, 0.1) is 12.2 Å². The maximum atomic E-state index is 5.79. The Morgan fingerprint density at radius 2 is 2.00 bits per heavy atom. The van der Waals surface area contributed by atoms with Gasteiger partial charge in [0.15, 0.2) is 0 Å². The van der Waals surface area contributed by atoms with Crippen LogP contribution < -0.4 is 5.32 Å². The molecule has 2 rings (SSSR count). The molecule has 1 atom stereocenters. The quantitative estimate of drug-likeness (QED) is 0.833. The van der Waals surface area contributed by atoms with Crippen LogP contribution in [0.3, 0.4) is 0 Å². The molecule has 2 aliphatic rings. The summed E-state index contributed by atoms with van der Waals surface area (Å²) in [7, 11) is 2.13. The highest BCUT2D eigenvalue weighted by molar-refractivity contribution is 4.85. The Hall–Kier alpha value is -0.120. The summed E-state index contributed by atoms with van der Waals surface area (Å²) >= 11 is 0. The molecule has 1 N–H and O–H groups in total. The van der Waals surface area contributed by atoms with Crippen LogP contribution in [-0.2, 0) is 4.74 Å². The van der Waals surface area contributed by atoms with E-state index in [0.29, 0.717) is 6.04 Å². The molecule has 0 amide bonds. The molecular formula is C15H30N2O. The van der Waals surface area contributed by atoms with Gasteiger partial charge in [-0.05, 0) is 39.7 Å². The molecule has 1 aliphatic carbocycles. The van der Waals surface area contributed by atoms with Crippen molar-refractivity contribution in [2.24, 2.45) is 5.92 Å². The topological polar surface area (TPSA) is 24.5 Å². The van der Waals surface area contributed by atoms with Crippen molar-refractivity contribution < 1.29 is 4.74 Å². The molecule has 0 bridgehead atoms. The summed E-state index contributed by atoms with van der Waals surface area (Å²) in [6.07, 6.45) is 7.13. The second-order valence-corrected chi connectivity index (χ2v) is 6.64. The van der Waals surface area contributed by atoms with Gasteiger partial charge >= 0.3 is 0 Å². The van der Waals surface area contributed by atoms with Crippen molar-refractivity contribution in [3.05, 3.63) is 0 Å². The minimum atomic E-state index is 0.0309. The molecule has 18 heavy (non-hydrogen) atoms. The maximum absolute atomic E-state index is 5.79. The zero-order valence-electron chi connectivity index (χ0n) is 12.4. The number of ether oxygens (including phenoxy) is 1. The van der Waals surface area contributed by atoms with E-state index in [0.717, 1.165) is 25.6 Å². The Kier molecular flexibility index (Phi) is 5.05. The number of morpholine rings is 1. The predicted octanol–water partition coefficient (Wildman–Crippen LogP) is 2.27. The lowest BCUT2D eigenvalue weighted by Crippen LogP contribution is -2.53. The first-order chi connectivity index (χ1) is 8.61. The van der Waals surface area contributed by atoms with Crippen LogP contribution in [0.15, 0.2) is 0 Å². The molecule has 2 fully saturated rings. The van der Waals surface area contributed by atoms with E-state index in [1.807, 2.05) is 0 Å². The van der Waals surface area contributed by atoms with Gasteiger partial charge in [-0.1, -0.05) is 19.3 Å². The van der Waals surface area contributed by atoms with E-state index in [1.54, 1.807) is 0 Å². The van der Waals surface area contributed by atoms with Crippen molar-refractivity contribution in [1.82, 2.24) is 10.2 Å². The predicted molar refractivity (Wildman–Crippen MR) is 75.9 cm³/mol. The molecule has 0 spiro atoms. The molecule has 0 aromatic rings. The zero-order valence-corrected chi connectivity index (χ0v) is 12.4. The highest BCUT2D eigenvalue weighted by Crippen LogP contribution is 2.27. The van der Waals surface area contributed by atoms with Crippen LogP contribution >= 0.6 is 0 Å². The highest BCUT2D eigenvalue weighted by Gasteiger charge is 2.30. The summed E-state index contributed by atoms with van der Waals surface area (Å²) in [5, 5.41) is 3.56. The SMILES string of the molecule is CNC(CN1CCOC(C)(C)C1)C1CCCCC1. The average molecular weight is 254 g/mol. The van der Waals surface area contributed by atoms with Crippen LogP contribution in [0.5, 0.6) is 0 Å².